The van der Waals surface area contributed by atoms with Crippen molar-refractivity contribution in [2.45, 2.75) is 39.3 Å². The molecule has 1 atom stereocenters. The number of ether oxygens (including phenoxy) is 1. The van der Waals surface area contributed by atoms with Crippen LogP contribution >= 0.6 is 23.2 Å². The fourth-order valence-corrected chi connectivity index (χ4v) is 3.08. The van der Waals surface area contributed by atoms with E-state index in [1.807, 2.05) is 26.0 Å². The molecule has 5 nitrogen and oxygen atoms in total. The number of carbonyl (C=O) groups is 2. The molecule has 0 saturated heterocycles. The summed E-state index contributed by atoms with van der Waals surface area (Å²) in [5.41, 5.74) is 0.885. The fraction of sp³-hybridized carbons (Fsp3) is 0.364. The van der Waals surface area contributed by atoms with E-state index in [4.69, 9.17) is 27.9 Å². The molecule has 2 aromatic carbocycles. The third-order valence-corrected chi connectivity index (χ3v) is 4.88. The van der Waals surface area contributed by atoms with Crippen LogP contribution in [0.2, 0.25) is 10.0 Å². The van der Waals surface area contributed by atoms with Crippen molar-refractivity contribution in [3.05, 3.63) is 64.1 Å². The van der Waals surface area contributed by atoms with Gasteiger partial charge in [0.15, 0.2) is 6.61 Å². The number of nitrogens with zero attached hydrogens (tertiary/aromatic N) is 1. The highest BCUT2D eigenvalue weighted by molar-refractivity contribution is 6.30. The number of amides is 2. The average Bonchev–Trinajstić information content (AvgIpc) is 2.72. The van der Waals surface area contributed by atoms with Crippen LogP contribution in [0.5, 0.6) is 5.75 Å². The number of hydrogen-bond acceptors (Lipinski definition) is 3. The highest BCUT2D eigenvalue weighted by Gasteiger charge is 2.28. The van der Waals surface area contributed by atoms with E-state index in [9.17, 15) is 9.59 Å². The summed E-state index contributed by atoms with van der Waals surface area (Å²) >= 11 is 11.8. The zero-order valence-corrected chi connectivity index (χ0v) is 18.2. The third kappa shape index (κ3) is 7.26. The Balaban J connectivity index is 2.16. The number of carbonyl (C=O) groups excluding carboxylic acids is 2. The van der Waals surface area contributed by atoms with Crippen LogP contribution in [-0.4, -0.2) is 35.9 Å². The van der Waals surface area contributed by atoms with Crippen LogP contribution in [0.4, 0.5) is 0 Å². The number of nitrogens with one attached hydrogen (secondary N) is 1. The standard InChI is InChI=1S/C22H26Cl2N2O3/c1-3-13-25-22(28)20(4-2)26(14-16-5-7-17(23)8-6-16)21(27)15-29-19-11-9-18(24)10-12-19/h5-12,20H,3-4,13-15H2,1-2H3,(H,25,28). The molecule has 7 heteroatoms. The van der Waals surface area contributed by atoms with Gasteiger partial charge in [-0.1, -0.05) is 49.2 Å². The number of hydrogen-bond donors (Lipinski definition) is 1. The summed E-state index contributed by atoms with van der Waals surface area (Å²) in [6.45, 7) is 4.56. The van der Waals surface area contributed by atoms with Crippen LogP contribution in [0.1, 0.15) is 32.3 Å². The Hall–Kier alpha value is -2.24. The summed E-state index contributed by atoms with van der Waals surface area (Å²) in [6, 6.07) is 13.4. The zero-order valence-electron chi connectivity index (χ0n) is 16.7. The van der Waals surface area contributed by atoms with Gasteiger partial charge in [0.25, 0.3) is 5.91 Å². The van der Waals surface area contributed by atoms with Crippen molar-refractivity contribution in [2.75, 3.05) is 13.2 Å². The molecule has 0 aromatic heterocycles. The molecule has 156 valence electrons. The van der Waals surface area contributed by atoms with Gasteiger partial charge in [0.05, 0.1) is 0 Å². The molecule has 2 aromatic rings. The minimum absolute atomic E-state index is 0.164. The second-order valence-corrected chi connectivity index (χ2v) is 7.48. The van der Waals surface area contributed by atoms with Crippen molar-refractivity contribution >= 4 is 35.0 Å². The molecule has 0 bridgehead atoms. The quantitative estimate of drug-likeness (QED) is 0.586. The summed E-state index contributed by atoms with van der Waals surface area (Å²) < 4.78 is 5.61. The van der Waals surface area contributed by atoms with Crippen molar-refractivity contribution in [3.8, 4) is 5.75 Å². The number of rotatable bonds is 10. The molecular formula is C22H26Cl2N2O3. The molecule has 0 radical (unpaired) electrons. The van der Waals surface area contributed by atoms with E-state index >= 15 is 0 Å². The van der Waals surface area contributed by atoms with Crippen LogP contribution in [0.3, 0.4) is 0 Å². The summed E-state index contributed by atoms with van der Waals surface area (Å²) in [5, 5.41) is 4.09. The summed E-state index contributed by atoms with van der Waals surface area (Å²) in [6.07, 6.45) is 1.32. The van der Waals surface area contributed by atoms with Gasteiger partial charge in [-0.2, -0.15) is 0 Å². The summed E-state index contributed by atoms with van der Waals surface area (Å²) in [4.78, 5) is 27.2. The van der Waals surface area contributed by atoms with Gasteiger partial charge in [0.1, 0.15) is 11.8 Å². The molecule has 0 aliphatic carbocycles. The Labute approximate surface area is 181 Å². The summed E-state index contributed by atoms with van der Waals surface area (Å²) in [7, 11) is 0. The van der Waals surface area contributed by atoms with Gasteiger partial charge in [0, 0.05) is 23.1 Å². The summed E-state index contributed by atoms with van der Waals surface area (Å²) in [5.74, 6) is 0.106. The second-order valence-electron chi connectivity index (χ2n) is 6.61. The smallest absolute Gasteiger partial charge is 0.261 e. The van der Waals surface area contributed by atoms with Crippen molar-refractivity contribution in [3.63, 3.8) is 0 Å². The van der Waals surface area contributed by atoms with E-state index in [-0.39, 0.29) is 25.0 Å². The Morgan fingerprint density at radius 2 is 1.59 bits per heavy atom. The van der Waals surface area contributed by atoms with Gasteiger partial charge in [-0.15, -0.1) is 0 Å². The maximum Gasteiger partial charge on any atom is 0.261 e. The van der Waals surface area contributed by atoms with Crippen molar-refractivity contribution in [1.29, 1.82) is 0 Å². The van der Waals surface area contributed by atoms with E-state index in [2.05, 4.69) is 5.32 Å². The average molecular weight is 437 g/mol. The Morgan fingerprint density at radius 3 is 2.14 bits per heavy atom. The number of halogens is 2. The fourth-order valence-electron chi connectivity index (χ4n) is 2.83. The molecule has 1 N–H and O–H groups in total. The molecule has 0 heterocycles. The van der Waals surface area contributed by atoms with E-state index in [1.165, 1.54) is 0 Å². The molecule has 1 unspecified atom stereocenters. The normalized spacial score (nSPS) is 11.6. The number of benzene rings is 2. The van der Waals surface area contributed by atoms with Crippen molar-refractivity contribution < 1.29 is 14.3 Å². The molecule has 0 aliphatic heterocycles. The van der Waals surface area contributed by atoms with Crippen LogP contribution in [0, 0.1) is 0 Å². The molecular weight excluding hydrogens is 411 g/mol. The molecule has 0 saturated carbocycles. The van der Waals surface area contributed by atoms with E-state index in [1.54, 1.807) is 41.3 Å². The van der Waals surface area contributed by atoms with Crippen LogP contribution in [-0.2, 0) is 16.1 Å². The van der Waals surface area contributed by atoms with Gasteiger partial charge in [0.2, 0.25) is 5.91 Å². The monoisotopic (exact) mass is 436 g/mol. The lowest BCUT2D eigenvalue weighted by atomic mass is 10.1. The third-order valence-electron chi connectivity index (χ3n) is 4.38. The first-order valence-electron chi connectivity index (χ1n) is 9.64. The van der Waals surface area contributed by atoms with Crippen molar-refractivity contribution in [2.24, 2.45) is 0 Å². The highest BCUT2D eigenvalue weighted by atomic mass is 35.5. The Bertz CT molecular complexity index is 795. The predicted molar refractivity (Wildman–Crippen MR) is 116 cm³/mol. The lowest BCUT2D eigenvalue weighted by molar-refractivity contribution is -0.143. The first kappa shape index (κ1) is 23.0. The molecule has 29 heavy (non-hydrogen) atoms. The lowest BCUT2D eigenvalue weighted by Gasteiger charge is -2.30. The molecule has 2 rings (SSSR count). The lowest BCUT2D eigenvalue weighted by Crippen LogP contribution is -2.50. The van der Waals surface area contributed by atoms with E-state index in [0.29, 0.717) is 28.8 Å². The van der Waals surface area contributed by atoms with E-state index in [0.717, 1.165) is 12.0 Å². The second kappa shape index (κ2) is 11.7. The maximum atomic E-state index is 13.0. The van der Waals surface area contributed by atoms with Crippen LogP contribution in [0.15, 0.2) is 48.5 Å². The molecule has 0 spiro atoms. The SMILES string of the molecule is CCCNC(=O)C(CC)N(Cc1ccc(Cl)cc1)C(=O)COc1ccc(Cl)cc1. The van der Waals surface area contributed by atoms with Gasteiger partial charge in [-0.25, -0.2) is 0 Å². The minimum atomic E-state index is -0.585. The highest BCUT2D eigenvalue weighted by Crippen LogP contribution is 2.18. The maximum absolute atomic E-state index is 13.0. The predicted octanol–water partition coefficient (Wildman–Crippen LogP) is 4.71. The van der Waals surface area contributed by atoms with Crippen LogP contribution < -0.4 is 10.1 Å². The topological polar surface area (TPSA) is 58.6 Å². The first-order valence-corrected chi connectivity index (χ1v) is 10.4. The molecule has 2 amide bonds. The van der Waals surface area contributed by atoms with Gasteiger partial charge in [-0.05, 0) is 54.8 Å². The van der Waals surface area contributed by atoms with E-state index < -0.39 is 6.04 Å². The molecule has 0 fully saturated rings. The largest absolute Gasteiger partial charge is 0.484 e. The molecule has 0 aliphatic rings. The first-order chi connectivity index (χ1) is 13.9. The van der Waals surface area contributed by atoms with Gasteiger partial charge in [-0.3, -0.25) is 9.59 Å². The van der Waals surface area contributed by atoms with Crippen LogP contribution in [0.25, 0.3) is 0 Å². The van der Waals surface area contributed by atoms with Crippen molar-refractivity contribution in [1.82, 2.24) is 10.2 Å². The van der Waals surface area contributed by atoms with Gasteiger partial charge >= 0.3 is 0 Å². The van der Waals surface area contributed by atoms with Gasteiger partial charge < -0.3 is 15.0 Å². The Morgan fingerprint density at radius 1 is 1.00 bits per heavy atom. The zero-order chi connectivity index (χ0) is 21.2. The Kier molecular flexibility index (Phi) is 9.29. The minimum Gasteiger partial charge on any atom is -0.484 e.